The van der Waals surface area contributed by atoms with Gasteiger partial charge in [0.2, 0.25) is 5.91 Å². The maximum atomic E-state index is 12.0. The summed E-state index contributed by atoms with van der Waals surface area (Å²) in [6, 6.07) is 7.59. The standard InChI is InChI=1S/C17H23NO4/c1-3-17(7-9-21-10-8-17)18-16(19)13-22-12-14-5-4-6-15(11-14)20-2/h3-6,11H,1,7-10,12-13H2,2H3,(H,18,19). The van der Waals surface area contributed by atoms with Crippen LogP contribution in [0.2, 0.25) is 0 Å². The normalized spacial score (nSPS) is 16.8. The smallest absolute Gasteiger partial charge is 0.246 e. The van der Waals surface area contributed by atoms with Crippen LogP contribution in [-0.2, 0) is 20.9 Å². The van der Waals surface area contributed by atoms with E-state index in [0.29, 0.717) is 19.8 Å². The largest absolute Gasteiger partial charge is 0.497 e. The Morgan fingerprint density at radius 2 is 2.23 bits per heavy atom. The molecule has 1 aliphatic heterocycles. The van der Waals surface area contributed by atoms with Crippen LogP contribution in [0.15, 0.2) is 36.9 Å². The first-order valence-corrected chi connectivity index (χ1v) is 7.40. The van der Waals surface area contributed by atoms with E-state index < -0.39 is 0 Å². The van der Waals surface area contributed by atoms with Gasteiger partial charge in [-0.15, -0.1) is 6.58 Å². The molecular weight excluding hydrogens is 282 g/mol. The second-order valence-corrected chi connectivity index (χ2v) is 5.37. The molecule has 0 bridgehead atoms. The first kappa shape index (κ1) is 16.5. The number of carbonyl (C=O) groups is 1. The minimum absolute atomic E-state index is 0.0215. The number of benzene rings is 1. The highest BCUT2D eigenvalue weighted by molar-refractivity contribution is 5.78. The summed E-state index contributed by atoms with van der Waals surface area (Å²) in [7, 11) is 1.62. The van der Waals surface area contributed by atoms with Gasteiger partial charge in [-0.3, -0.25) is 4.79 Å². The molecule has 1 amide bonds. The lowest BCUT2D eigenvalue weighted by Crippen LogP contribution is -2.51. The quantitative estimate of drug-likeness (QED) is 0.784. The summed E-state index contributed by atoms with van der Waals surface area (Å²) in [6.45, 7) is 5.49. The number of amides is 1. The Kier molecular flexibility index (Phi) is 5.98. The van der Waals surface area contributed by atoms with Gasteiger partial charge in [-0.1, -0.05) is 18.2 Å². The van der Waals surface area contributed by atoms with Crippen LogP contribution in [0.3, 0.4) is 0 Å². The SMILES string of the molecule is C=CC1(NC(=O)COCc2cccc(OC)c2)CCOCC1. The van der Waals surface area contributed by atoms with Crippen molar-refractivity contribution in [1.29, 1.82) is 0 Å². The van der Waals surface area contributed by atoms with Crippen molar-refractivity contribution in [3.05, 3.63) is 42.5 Å². The maximum absolute atomic E-state index is 12.0. The Balaban J connectivity index is 1.78. The first-order chi connectivity index (χ1) is 10.7. The molecule has 0 aromatic heterocycles. The highest BCUT2D eigenvalue weighted by Crippen LogP contribution is 2.21. The zero-order valence-electron chi connectivity index (χ0n) is 13.0. The predicted molar refractivity (Wildman–Crippen MR) is 83.8 cm³/mol. The first-order valence-electron chi connectivity index (χ1n) is 7.40. The van der Waals surface area contributed by atoms with Gasteiger partial charge in [0.05, 0.1) is 19.3 Å². The molecule has 1 saturated heterocycles. The number of ether oxygens (including phenoxy) is 3. The Hall–Kier alpha value is -1.85. The number of rotatable bonds is 7. The topological polar surface area (TPSA) is 56.8 Å². The average molecular weight is 305 g/mol. The van der Waals surface area contributed by atoms with Crippen LogP contribution >= 0.6 is 0 Å². The van der Waals surface area contributed by atoms with Crippen LogP contribution in [0.1, 0.15) is 18.4 Å². The van der Waals surface area contributed by atoms with E-state index in [-0.39, 0.29) is 18.1 Å². The second-order valence-electron chi connectivity index (χ2n) is 5.37. The number of methoxy groups -OCH3 is 1. The zero-order chi connectivity index (χ0) is 15.8. The van der Waals surface area contributed by atoms with Gasteiger partial charge in [0.1, 0.15) is 12.4 Å². The van der Waals surface area contributed by atoms with E-state index in [1.807, 2.05) is 24.3 Å². The lowest BCUT2D eigenvalue weighted by atomic mass is 9.90. The lowest BCUT2D eigenvalue weighted by molar-refractivity contribution is -0.128. The number of hydrogen-bond acceptors (Lipinski definition) is 4. The number of nitrogens with one attached hydrogen (secondary N) is 1. The lowest BCUT2D eigenvalue weighted by Gasteiger charge is -2.35. The van der Waals surface area contributed by atoms with E-state index in [1.54, 1.807) is 13.2 Å². The molecule has 22 heavy (non-hydrogen) atoms. The molecule has 5 nitrogen and oxygen atoms in total. The van der Waals surface area contributed by atoms with E-state index in [4.69, 9.17) is 14.2 Å². The highest BCUT2D eigenvalue weighted by atomic mass is 16.5. The van der Waals surface area contributed by atoms with Gasteiger partial charge >= 0.3 is 0 Å². The summed E-state index contributed by atoms with van der Waals surface area (Å²) in [5.41, 5.74) is 0.603. The molecule has 1 heterocycles. The molecule has 1 N–H and O–H groups in total. The molecule has 1 fully saturated rings. The van der Waals surface area contributed by atoms with E-state index in [2.05, 4.69) is 11.9 Å². The molecule has 1 aromatic rings. The zero-order valence-corrected chi connectivity index (χ0v) is 13.0. The van der Waals surface area contributed by atoms with Crippen molar-refractivity contribution in [2.45, 2.75) is 25.0 Å². The molecule has 1 aliphatic rings. The van der Waals surface area contributed by atoms with Gasteiger partial charge < -0.3 is 19.5 Å². The highest BCUT2D eigenvalue weighted by Gasteiger charge is 2.30. The summed E-state index contributed by atoms with van der Waals surface area (Å²) < 4.78 is 16.0. The number of carbonyl (C=O) groups excluding carboxylic acids is 1. The Labute approximate surface area is 131 Å². The predicted octanol–water partition coefficient (Wildman–Crippen LogP) is 2.06. The van der Waals surface area contributed by atoms with Crippen molar-refractivity contribution < 1.29 is 19.0 Å². The molecule has 1 aromatic carbocycles. The second kappa shape index (κ2) is 7.96. The number of hydrogen-bond donors (Lipinski definition) is 1. The Morgan fingerprint density at radius 1 is 1.45 bits per heavy atom. The van der Waals surface area contributed by atoms with E-state index in [9.17, 15) is 4.79 Å². The average Bonchev–Trinajstić information content (AvgIpc) is 2.56. The molecule has 0 radical (unpaired) electrons. The minimum atomic E-state index is -0.366. The van der Waals surface area contributed by atoms with Gasteiger partial charge in [0.15, 0.2) is 0 Å². The molecule has 120 valence electrons. The third-order valence-electron chi connectivity index (χ3n) is 3.80. The van der Waals surface area contributed by atoms with Gasteiger partial charge in [-0.25, -0.2) is 0 Å². The fraction of sp³-hybridized carbons (Fsp3) is 0.471. The third-order valence-corrected chi connectivity index (χ3v) is 3.80. The minimum Gasteiger partial charge on any atom is -0.497 e. The van der Waals surface area contributed by atoms with E-state index in [1.165, 1.54) is 0 Å². The van der Waals surface area contributed by atoms with E-state index in [0.717, 1.165) is 24.2 Å². The Morgan fingerprint density at radius 3 is 2.91 bits per heavy atom. The Bertz CT molecular complexity index is 509. The summed E-state index contributed by atoms with van der Waals surface area (Å²) >= 11 is 0. The molecule has 0 atom stereocenters. The van der Waals surface area contributed by atoms with Crippen molar-refractivity contribution in [1.82, 2.24) is 5.32 Å². The fourth-order valence-electron chi connectivity index (χ4n) is 2.45. The molecule has 0 unspecified atom stereocenters. The van der Waals surface area contributed by atoms with Crippen molar-refractivity contribution in [3.8, 4) is 5.75 Å². The van der Waals surface area contributed by atoms with Crippen LogP contribution < -0.4 is 10.1 Å². The molecule has 5 heteroatoms. The molecule has 0 aliphatic carbocycles. The molecule has 0 saturated carbocycles. The van der Waals surface area contributed by atoms with Gasteiger partial charge in [-0.05, 0) is 30.5 Å². The van der Waals surface area contributed by atoms with Gasteiger partial charge in [0.25, 0.3) is 0 Å². The summed E-state index contributed by atoms with van der Waals surface area (Å²) in [5.74, 6) is 0.642. The van der Waals surface area contributed by atoms with Crippen molar-refractivity contribution in [3.63, 3.8) is 0 Å². The third kappa shape index (κ3) is 4.58. The molecular formula is C17H23NO4. The van der Waals surface area contributed by atoms with Crippen molar-refractivity contribution in [2.24, 2.45) is 0 Å². The van der Waals surface area contributed by atoms with Gasteiger partial charge in [-0.2, -0.15) is 0 Å². The fourth-order valence-corrected chi connectivity index (χ4v) is 2.45. The van der Waals surface area contributed by atoms with Gasteiger partial charge in [0, 0.05) is 13.2 Å². The summed E-state index contributed by atoms with van der Waals surface area (Å²) in [5, 5.41) is 3.00. The van der Waals surface area contributed by atoms with Crippen molar-refractivity contribution >= 4 is 5.91 Å². The molecule has 2 rings (SSSR count). The van der Waals surface area contributed by atoms with E-state index >= 15 is 0 Å². The molecule has 0 spiro atoms. The summed E-state index contributed by atoms with van der Waals surface area (Å²) in [6.07, 6.45) is 3.30. The van der Waals surface area contributed by atoms with Crippen LogP contribution in [0, 0.1) is 0 Å². The van der Waals surface area contributed by atoms with Crippen molar-refractivity contribution in [2.75, 3.05) is 26.9 Å². The monoisotopic (exact) mass is 305 g/mol. The van der Waals surface area contributed by atoms with Crippen LogP contribution in [-0.4, -0.2) is 38.4 Å². The van der Waals surface area contributed by atoms with Crippen LogP contribution in [0.4, 0.5) is 0 Å². The van der Waals surface area contributed by atoms with Crippen LogP contribution in [0.5, 0.6) is 5.75 Å². The summed E-state index contributed by atoms with van der Waals surface area (Å²) in [4.78, 5) is 12.0. The maximum Gasteiger partial charge on any atom is 0.246 e. The van der Waals surface area contributed by atoms with Crippen LogP contribution in [0.25, 0.3) is 0 Å².